The number of rotatable bonds is 8. The molecule has 0 saturated heterocycles. The highest BCUT2D eigenvalue weighted by molar-refractivity contribution is 7.99. The molecule has 0 saturated carbocycles. The number of nitrogens with zero attached hydrogens (tertiary/aromatic N) is 1. The van der Waals surface area contributed by atoms with E-state index in [1.54, 1.807) is 42.6 Å². The second-order valence-electron chi connectivity index (χ2n) is 5.67. The molecule has 5 nitrogen and oxygen atoms in total. The highest BCUT2D eigenvalue weighted by Crippen LogP contribution is 2.21. The number of ether oxygens (including phenoxy) is 1. The molecule has 0 atom stereocenters. The zero-order valence-electron chi connectivity index (χ0n) is 14.9. The molecule has 3 aromatic rings. The Bertz CT molecular complexity index is 879. The number of amides is 1. The third-order valence-corrected chi connectivity index (χ3v) is 4.65. The largest absolute Gasteiger partial charge is 0.494 e. The van der Waals surface area contributed by atoms with E-state index in [-0.39, 0.29) is 11.7 Å². The van der Waals surface area contributed by atoms with Crippen LogP contribution in [0, 0.1) is 5.82 Å². The van der Waals surface area contributed by atoms with Gasteiger partial charge in [-0.05, 0) is 61.0 Å². The Morgan fingerprint density at radius 2 is 1.93 bits per heavy atom. The molecule has 140 valence electrons. The molecule has 2 aromatic carbocycles. The first-order chi connectivity index (χ1) is 13.2. The molecule has 1 heterocycles. The van der Waals surface area contributed by atoms with Gasteiger partial charge in [-0.1, -0.05) is 11.8 Å². The number of carbonyl (C=O) groups excluding carboxylic acids is 1. The van der Waals surface area contributed by atoms with Crippen molar-refractivity contribution in [1.82, 2.24) is 15.3 Å². The topological polar surface area (TPSA) is 67.0 Å². The average molecular weight is 385 g/mol. The summed E-state index contributed by atoms with van der Waals surface area (Å²) >= 11 is 1.51. The van der Waals surface area contributed by atoms with Crippen molar-refractivity contribution in [1.29, 1.82) is 0 Å². The summed E-state index contributed by atoms with van der Waals surface area (Å²) in [4.78, 5) is 19.6. The highest BCUT2D eigenvalue weighted by Gasteiger charge is 2.07. The second kappa shape index (κ2) is 9.23. The number of benzene rings is 2. The molecule has 2 N–H and O–H groups in total. The Morgan fingerprint density at radius 3 is 2.63 bits per heavy atom. The van der Waals surface area contributed by atoms with Crippen LogP contribution >= 0.6 is 11.8 Å². The van der Waals surface area contributed by atoms with Crippen molar-refractivity contribution in [2.45, 2.75) is 12.1 Å². The SMILES string of the molecule is CCOc1ccc(C(=O)NCCSc2ncc(-c3ccc(F)cc3)[nH]2)cc1. The Hall–Kier alpha value is -2.80. The van der Waals surface area contributed by atoms with Crippen molar-refractivity contribution < 1.29 is 13.9 Å². The summed E-state index contributed by atoms with van der Waals surface area (Å²) in [5.41, 5.74) is 2.30. The maximum Gasteiger partial charge on any atom is 0.251 e. The molecular formula is C20H20FN3O2S. The first kappa shape index (κ1) is 19.0. The Balaban J connectivity index is 1.44. The van der Waals surface area contributed by atoms with Crippen LogP contribution in [0.4, 0.5) is 4.39 Å². The fourth-order valence-corrected chi connectivity index (χ4v) is 3.14. The van der Waals surface area contributed by atoms with Gasteiger partial charge in [0.1, 0.15) is 11.6 Å². The average Bonchev–Trinajstić information content (AvgIpc) is 3.15. The molecule has 0 bridgehead atoms. The third kappa shape index (κ3) is 5.34. The molecular weight excluding hydrogens is 365 g/mol. The first-order valence-corrected chi connectivity index (χ1v) is 9.59. The van der Waals surface area contributed by atoms with Gasteiger partial charge in [0.15, 0.2) is 5.16 Å². The predicted molar refractivity (Wildman–Crippen MR) is 105 cm³/mol. The molecule has 0 radical (unpaired) electrons. The minimum Gasteiger partial charge on any atom is -0.494 e. The van der Waals surface area contributed by atoms with E-state index in [1.807, 2.05) is 6.92 Å². The van der Waals surface area contributed by atoms with Crippen LogP contribution in [0.5, 0.6) is 5.75 Å². The van der Waals surface area contributed by atoms with Crippen LogP contribution in [0.3, 0.4) is 0 Å². The number of hydrogen-bond acceptors (Lipinski definition) is 4. The van der Waals surface area contributed by atoms with Crippen molar-refractivity contribution in [2.24, 2.45) is 0 Å². The van der Waals surface area contributed by atoms with Crippen LogP contribution < -0.4 is 10.1 Å². The maximum atomic E-state index is 13.0. The van der Waals surface area contributed by atoms with Crippen molar-refractivity contribution in [3.63, 3.8) is 0 Å². The molecule has 0 unspecified atom stereocenters. The van der Waals surface area contributed by atoms with E-state index in [1.165, 1.54) is 23.9 Å². The summed E-state index contributed by atoms with van der Waals surface area (Å²) in [5, 5.41) is 3.64. The Kier molecular flexibility index (Phi) is 6.49. The van der Waals surface area contributed by atoms with Gasteiger partial charge in [0.25, 0.3) is 5.91 Å². The number of thioether (sulfide) groups is 1. The van der Waals surface area contributed by atoms with Gasteiger partial charge in [0.05, 0.1) is 18.5 Å². The van der Waals surface area contributed by atoms with E-state index < -0.39 is 0 Å². The van der Waals surface area contributed by atoms with Crippen molar-refractivity contribution >= 4 is 17.7 Å². The molecule has 0 fully saturated rings. The number of aromatic amines is 1. The van der Waals surface area contributed by atoms with Crippen molar-refractivity contribution in [3.05, 3.63) is 66.1 Å². The molecule has 0 aliphatic rings. The number of imidazole rings is 1. The fraction of sp³-hybridized carbons (Fsp3) is 0.200. The van der Waals surface area contributed by atoms with Gasteiger partial charge in [0, 0.05) is 17.9 Å². The van der Waals surface area contributed by atoms with E-state index in [2.05, 4.69) is 15.3 Å². The molecule has 27 heavy (non-hydrogen) atoms. The van der Waals surface area contributed by atoms with E-state index in [4.69, 9.17) is 4.74 Å². The number of H-pyrrole nitrogens is 1. The lowest BCUT2D eigenvalue weighted by Crippen LogP contribution is -2.25. The normalized spacial score (nSPS) is 10.6. The van der Waals surface area contributed by atoms with Crippen LogP contribution in [-0.2, 0) is 0 Å². The Morgan fingerprint density at radius 1 is 1.19 bits per heavy atom. The van der Waals surface area contributed by atoms with Gasteiger partial charge in [0.2, 0.25) is 0 Å². The van der Waals surface area contributed by atoms with Crippen LogP contribution in [0.15, 0.2) is 59.9 Å². The summed E-state index contributed by atoms with van der Waals surface area (Å²) in [6, 6.07) is 13.3. The maximum absolute atomic E-state index is 13.0. The highest BCUT2D eigenvalue weighted by atomic mass is 32.2. The van der Waals surface area contributed by atoms with Gasteiger partial charge in [-0.3, -0.25) is 4.79 Å². The summed E-state index contributed by atoms with van der Waals surface area (Å²) in [6.45, 7) is 3.03. The van der Waals surface area contributed by atoms with Crippen LogP contribution in [0.2, 0.25) is 0 Å². The van der Waals surface area contributed by atoms with Gasteiger partial charge < -0.3 is 15.0 Å². The molecule has 3 rings (SSSR count). The standard InChI is InChI=1S/C20H20FN3O2S/c1-2-26-17-9-5-15(6-10-17)19(25)22-11-12-27-20-23-13-18(24-20)14-3-7-16(21)8-4-14/h3-10,13H,2,11-12H2,1H3,(H,22,25)(H,23,24). The second-order valence-corrected chi connectivity index (χ2v) is 6.75. The number of carbonyl (C=O) groups is 1. The molecule has 0 spiro atoms. The lowest BCUT2D eigenvalue weighted by Gasteiger charge is -2.06. The third-order valence-electron chi connectivity index (χ3n) is 3.76. The lowest BCUT2D eigenvalue weighted by atomic mass is 10.2. The smallest absolute Gasteiger partial charge is 0.251 e. The zero-order valence-corrected chi connectivity index (χ0v) is 15.7. The van der Waals surface area contributed by atoms with Crippen molar-refractivity contribution in [2.75, 3.05) is 18.9 Å². The van der Waals surface area contributed by atoms with E-state index in [0.29, 0.717) is 24.5 Å². The summed E-state index contributed by atoms with van der Waals surface area (Å²) < 4.78 is 18.3. The quantitative estimate of drug-likeness (QED) is 0.452. The van der Waals surface area contributed by atoms with E-state index >= 15 is 0 Å². The first-order valence-electron chi connectivity index (χ1n) is 8.60. The summed E-state index contributed by atoms with van der Waals surface area (Å²) in [6.07, 6.45) is 1.72. The van der Waals surface area contributed by atoms with Crippen LogP contribution in [0.1, 0.15) is 17.3 Å². The van der Waals surface area contributed by atoms with Gasteiger partial charge in [-0.2, -0.15) is 0 Å². The summed E-state index contributed by atoms with van der Waals surface area (Å²) in [5.74, 6) is 1.04. The van der Waals surface area contributed by atoms with Crippen LogP contribution in [0.25, 0.3) is 11.3 Å². The van der Waals surface area contributed by atoms with E-state index in [9.17, 15) is 9.18 Å². The van der Waals surface area contributed by atoms with Gasteiger partial charge in [-0.25, -0.2) is 9.37 Å². The lowest BCUT2D eigenvalue weighted by molar-refractivity contribution is 0.0956. The number of halogens is 1. The number of nitrogens with one attached hydrogen (secondary N) is 2. The predicted octanol–water partition coefficient (Wildman–Crippen LogP) is 4.14. The molecule has 0 aliphatic heterocycles. The minimum atomic E-state index is -0.267. The zero-order chi connectivity index (χ0) is 19.1. The minimum absolute atomic E-state index is 0.120. The molecule has 7 heteroatoms. The fourth-order valence-electron chi connectivity index (χ4n) is 2.44. The number of hydrogen-bond donors (Lipinski definition) is 2. The van der Waals surface area contributed by atoms with Gasteiger partial charge in [-0.15, -0.1) is 0 Å². The van der Waals surface area contributed by atoms with Crippen molar-refractivity contribution in [3.8, 4) is 17.0 Å². The molecule has 1 aromatic heterocycles. The molecule has 0 aliphatic carbocycles. The molecule has 1 amide bonds. The summed E-state index contributed by atoms with van der Waals surface area (Å²) in [7, 11) is 0. The monoisotopic (exact) mass is 385 g/mol. The van der Waals surface area contributed by atoms with E-state index in [0.717, 1.165) is 22.2 Å². The Labute approximate surface area is 161 Å². The number of aromatic nitrogens is 2. The van der Waals surface area contributed by atoms with Gasteiger partial charge >= 0.3 is 0 Å². The van der Waals surface area contributed by atoms with Crippen LogP contribution in [-0.4, -0.2) is 34.8 Å².